The van der Waals surface area contributed by atoms with Gasteiger partial charge in [0.05, 0.1) is 0 Å². The molecule has 0 amide bonds. The molecule has 5 aromatic carbocycles. The summed E-state index contributed by atoms with van der Waals surface area (Å²) >= 11 is 0. The standard InChI is InChI=1S/C18H12.C9H8O2/c1-2-8-14-13(7-1)15-9-3-4-11-17(15)18-12-6-5-10-16(14)18;1-2-9(10)11-8-6-4-3-5-7-8/h1-12H;2-7H,1H2. The number of carbonyl (C=O) groups is 1. The second kappa shape index (κ2) is 8.41. The minimum absolute atomic E-state index is 0.434. The number of carbonyl (C=O) groups excluding carboxylic acids is 1. The van der Waals surface area contributed by atoms with E-state index in [0.717, 1.165) is 6.08 Å². The average molecular weight is 376 g/mol. The fourth-order valence-electron chi connectivity index (χ4n) is 3.50. The van der Waals surface area contributed by atoms with Crippen LogP contribution in [0.5, 0.6) is 5.75 Å². The van der Waals surface area contributed by atoms with E-state index < -0.39 is 5.97 Å². The highest BCUT2D eigenvalue weighted by Gasteiger charge is 2.06. The Morgan fingerprint density at radius 1 is 0.552 bits per heavy atom. The van der Waals surface area contributed by atoms with Gasteiger partial charge in [-0.2, -0.15) is 0 Å². The summed E-state index contributed by atoms with van der Waals surface area (Å²) in [5.41, 5.74) is 0. The molecule has 0 N–H and O–H groups in total. The van der Waals surface area contributed by atoms with Gasteiger partial charge in [0.15, 0.2) is 0 Å². The lowest BCUT2D eigenvalue weighted by Gasteiger charge is -2.09. The van der Waals surface area contributed by atoms with Crippen molar-refractivity contribution in [2.45, 2.75) is 0 Å². The van der Waals surface area contributed by atoms with E-state index in [2.05, 4.69) is 79.4 Å². The Bertz CT molecular complexity index is 1080. The molecule has 0 atom stereocenters. The molecule has 2 nitrogen and oxygen atoms in total. The van der Waals surface area contributed by atoms with Crippen LogP contribution in [-0.4, -0.2) is 5.97 Å². The van der Waals surface area contributed by atoms with E-state index in [1.165, 1.54) is 32.3 Å². The van der Waals surface area contributed by atoms with Crippen LogP contribution in [0.15, 0.2) is 116 Å². The van der Waals surface area contributed by atoms with Crippen LogP contribution in [0.25, 0.3) is 32.3 Å². The van der Waals surface area contributed by atoms with Gasteiger partial charge in [-0.05, 0) is 44.5 Å². The van der Waals surface area contributed by atoms with E-state index in [4.69, 9.17) is 4.74 Å². The Morgan fingerprint density at radius 2 is 0.862 bits per heavy atom. The first-order valence-electron chi connectivity index (χ1n) is 9.45. The summed E-state index contributed by atoms with van der Waals surface area (Å²) in [5.74, 6) is 0.105. The topological polar surface area (TPSA) is 26.3 Å². The molecule has 5 aromatic rings. The summed E-state index contributed by atoms with van der Waals surface area (Å²) in [5, 5.41) is 8.04. The van der Waals surface area contributed by atoms with Crippen molar-refractivity contribution in [3.63, 3.8) is 0 Å². The molecule has 29 heavy (non-hydrogen) atoms. The summed E-state index contributed by atoms with van der Waals surface area (Å²) < 4.78 is 4.81. The number of esters is 1. The van der Waals surface area contributed by atoms with Crippen molar-refractivity contribution in [1.29, 1.82) is 0 Å². The van der Waals surface area contributed by atoms with Gasteiger partial charge in [-0.15, -0.1) is 0 Å². The summed E-state index contributed by atoms with van der Waals surface area (Å²) in [6, 6.07) is 34.8. The predicted molar refractivity (Wildman–Crippen MR) is 121 cm³/mol. The highest BCUT2D eigenvalue weighted by molar-refractivity contribution is 6.25. The lowest BCUT2D eigenvalue weighted by Crippen LogP contribution is -2.02. The van der Waals surface area contributed by atoms with Crippen LogP contribution in [0.3, 0.4) is 0 Å². The highest BCUT2D eigenvalue weighted by Crippen LogP contribution is 2.34. The number of ether oxygens (including phenoxy) is 1. The van der Waals surface area contributed by atoms with Crippen molar-refractivity contribution in [1.82, 2.24) is 0 Å². The van der Waals surface area contributed by atoms with Crippen LogP contribution < -0.4 is 4.74 Å². The van der Waals surface area contributed by atoms with Crippen LogP contribution in [0.2, 0.25) is 0 Å². The SMILES string of the molecule is C=CC(=O)Oc1ccccc1.c1ccc2c(c1)c1ccccc1c1ccccc21. The molecule has 0 spiro atoms. The van der Waals surface area contributed by atoms with Gasteiger partial charge in [0.2, 0.25) is 0 Å². The van der Waals surface area contributed by atoms with Crippen molar-refractivity contribution < 1.29 is 9.53 Å². The molecular formula is C27H20O2. The normalized spacial score (nSPS) is 10.3. The van der Waals surface area contributed by atoms with Gasteiger partial charge >= 0.3 is 5.97 Å². The molecular weight excluding hydrogens is 356 g/mol. The molecule has 0 aliphatic carbocycles. The van der Waals surface area contributed by atoms with Gasteiger partial charge in [-0.3, -0.25) is 0 Å². The molecule has 0 heterocycles. The summed E-state index contributed by atoms with van der Waals surface area (Å²) in [7, 11) is 0. The third-order valence-electron chi connectivity index (χ3n) is 4.78. The van der Waals surface area contributed by atoms with Crippen molar-refractivity contribution in [3.8, 4) is 5.75 Å². The van der Waals surface area contributed by atoms with E-state index in [1.54, 1.807) is 24.3 Å². The lowest BCUT2D eigenvalue weighted by atomic mass is 9.95. The predicted octanol–water partition coefficient (Wildman–Crippen LogP) is 6.92. The minimum Gasteiger partial charge on any atom is -0.423 e. The van der Waals surface area contributed by atoms with Gasteiger partial charge < -0.3 is 4.74 Å². The Balaban J connectivity index is 0.000000161. The zero-order valence-electron chi connectivity index (χ0n) is 15.9. The van der Waals surface area contributed by atoms with Gasteiger partial charge in [-0.25, -0.2) is 4.79 Å². The monoisotopic (exact) mass is 376 g/mol. The van der Waals surface area contributed by atoms with E-state index in [0.29, 0.717) is 5.75 Å². The largest absolute Gasteiger partial charge is 0.423 e. The molecule has 140 valence electrons. The van der Waals surface area contributed by atoms with Gasteiger partial charge in [0.1, 0.15) is 5.75 Å². The van der Waals surface area contributed by atoms with Crippen LogP contribution >= 0.6 is 0 Å². The van der Waals surface area contributed by atoms with Crippen LogP contribution in [0, 0.1) is 0 Å². The number of hydrogen-bond acceptors (Lipinski definition) is 2. The first-order chi connectivity index (χ1) is 14.3. The van der Waals surface area contributed by atoms with Crippen molar-refractivity contribution in [2.75, 3.05) is 0 Å². The molecule has 0 unspecified atom stereocenters. The molecule has 0 aliphatic rings. The maximum atomic E-state index is 10.6. The maximum absolute atomic E-state index is 10.6. The maximum Gasteiger partial charge on any atom is 0.335 e. The quantitative estimate of drug-likeness (QED) is 0.145. The molecule has 0 aromatic heterocycles. The second-order valence-corrected chi connectivity index (χ2v) is 6.58. The smallest absolute Gasteiger partial charge is 0.335 e. The number of fused-ring (bicyclic) bond motifs is 6. The van der Waals surface area contributed by atoms with Crippen molar-refractivity contribution >= 4 is 38.3 Å². The first kappa shape index (κ1) is 18.5. The second-order valence-electron chi connectivity index (χ2n) is 6.58. The van der Waals surface area contributed by atoms with Crippen LogP contribution in [0.4, 0.5) is 0 Å². The Hall–Kier alpha value is -3.91. The van der Waals surface area contributed by atoms with Crippen LogP contribution in [-0.2, 0) is 4.79 Å². The highest BCUT2D eigenvalue weighted by atomic mass is 16.5. The number of benzene rings is 5. The molecule has 2 heteroatoms. The summed E-state index contributed by atoms with van der Waals surface area (Å²) in [6.45, 7) is 3.28. The lowest BCUT2D eigenvalue weighted by molar-refractivity contribution is -0.128. The molecule has 5 rings (SSSR count). The van der Waals surface area contributed by atoms with Gasteiger partial charge in [0, 0.05) is 6.08 Å². The van der Waals surface area contributed by atoms with E-state index >= 15 is 0 Å². The zero-order chi connectivity index (χ0) is 20.1. The number of rotatable bonds is 2. The fraction of sp³-hybridized carbons (Fsp3) is 0. The Labute approximate surface area is 169 Å². The molecule has 0 saturated carbocycles. The first-order valence-corrected chi connectivity index (χ1v) is 9.45. The van der Waals surface area contributed by atoms with E-state index in [9.17, 15) is 4.79 Å². The van der Waals surface area contributed by atoms with E-state index in [1.807, 2.05) is 6.07 Å². The zero-order valence-corrected chi connectivity index (χ0v) is 15.9. The number of para-hydroxylation sites is 1. The summed E-state index contributed by atoms with van der Waals surface area (Å²) in [4.78, 5) is 10.6. The Kier molecular flexibility index (Phi) is 5.35. The van der Waals surface area contributed by atoms with Gasteiger partial charge in [-0.1, -0.05) is 97.6 Å². The Morgan fingerprint density at radius 3 is 1.17 bits per heavy atom. The van der Waals surface area contributed by atoms with E-state index in [-0.39, 0.29) is 0 Å². The van der Waals surface area contributed by atoms with Gasteiger partial charge in [0.25, 0.3) is 0 Å². The minimum atomic E-state index is -0.434. The molecule has 0 fully saturated rings. The summed E-state index contributed by atoms with van der Waals surface area (Å²) in [6.07, 6.45) is 1.13. The molecule has 0 radical (unpaired) electrons. The molecule has 0 saturated heterocycles. The van der Waals surface area contributed by atoms with Crippen LogP contribution in [0.1, 0.15) is 0 Å². The third kappa shape index (κ3) is 3.87. The molecule has 0 aliphatic heterocycles. The average Bonchev–Trinajstić information content (AvgIpc) is 2.80. The van der Waals surface area contributed by atoms with Crippen molar-refractivity contribution in [2.24, 2.45) is 0 Å². The fourth-order valence-corrected chi connectivity index (χ4v) is 3.50. The number of hydrogen-bond donors (Lipinski definition) is 0. The molecule has 0 bridgehead atoms. The van der Waals surface area contributed by atoms with Crippen molar-refractivity contribution in [3.05, 3.63) is 116 Å². The third-order valence-corrected chi connectivity index (χ3v) is 4.78.